The number of carbonyl (C=O) groups excluding carboxylic acids is 1. The van der Waals surface area contributed by atoms with Crippen molar-refractivity contribution in [1.82, 2.24) is 9.97 Å². The number of benzene rings is 1. The van der Waals surface area contributed by atoms with E-state index in [9.17, 15) is 4.79 Å². The molecule has 0 spiro atoms. The molecule has 0 atom stereocenters. The van der Waals surface area contributed by atoms with Crippen LogP contribution in [0.5, 0.6) is 0 Å². The smallest absolute Gasteiger partial charge is 0.341 e. The molecule has 0 aliphatic rings. The number of methoxy groups -OCH3 is 1. The van der Waals surface area contributed by atoms with E-state index in [4.69, 9.17) is 4.74 Å². The quantitative estimate of drug-likeness (QED) is 0.647. The number of pyridine rings is 2. The van der Waals surface area contributed by atoms with Gasteiger partial charge in [0.05, 0.1) is 12.8 Å². The molecule has 0 saturated heterocycles. The maximum Gasteiger partial charge on any atom is 0.341 e. The lowest BCUT2D eigenvalue weighted by molar-refractivity contribution is 0.0601. The zero-order valence-electron chi connectivity index (χ0n) is 15.4. The van der Waals surface area contributed by atoms with Crippen molar-refractivity contribution < 1.29 is 9.53 Å². The first-order valence-corrected chi connectivity index (χ1v) is 8.83. The summed E-state index contributed by atoms with van der Waals surface area (Å²) in [6.45, 7) is 4.10. The summed E-state index contributed by atoms with van der Waals surface area (Å²) in [5, 5.41) is 4.14. The number of carbonyl (C=O) groups is 1. The van der Waals surface area contributed by atoms with Gasteiger partial charge in [-0.05, 0) is 49.6 Å². The first-order chi connectivity index (χ1) is 12.6. The van der Waals surface area contributed by atoms with Crippen LogP contribution in [0.3, 0.4) is 0 Å². The van der Waals surface area contributed by atoms with Crippen LogP contribution in [0.4, 0.5) is 11.4 Å². The van der Waals surface area contributed by atoms with Gasteiger partial charge < -0.3 is 10.1 Å². The Bertz CT molecular complexity index is 920. The van der Waals surface area contributed by atoms with Gasteiger partial charge in [-0.1, -0.05) is 25.5 Å². The monoisotopic (exact) mass is 349 g/mol. The Hall–Kier alpha value is -2.95. The number of esters is 1. The number of hydrogen-bond donors (Lipinski definition) is 1. The minimum Gasteiger partial charge on any atom is -0.465 e. The number of unbranched alkanes of at least 4 members (excludes halogenated alkanes) is 1. The molecule has 0 fully saturated rings. The highest BCUT2D eigenvalue weighted by Crippen LogP contribution is 2.29. The van der Waals surface area contributed by atoms with E-state index in [-0.39, 0.29) is 0 Å². The van der Waals surface area contributed by atoms with Crippen LogP contribution >= 0.6 is 0 Å². The fraction of sp³-hybridized carbons (Fsp3) is 0.286. The average molecular weight is 349 g/mol. The molecule has 0 amide bonds. The van der Waals surface area contributed by atoms with Crippen molar-refractivity contribution >= 4 is 28.4 Å². The average Bonchev–Trinajstić information content (AvgIpc) is 2.66. The van der Waals surface area contributed by atoms with Crippen LogP contribution < -0.4 is 5.32 Å². The summed E-state index contributed by atoms with van der Waals surface area (Å²) < 4.78 is 4.91. The van der Waals surface area contributed by atoms with Crippen LogP contribution in [0.15, 0.2) is 42.6 Å². The van der Waals surface area contributed by atoms with E-state index in [2.05, 4.69) is 34.3 Å². The second-order valence-electron chi connectivity index (χ2n) is 6.29. The Balaban J connectivity index is 2.00. The fourth-order valence-corrected chi connectivity index (χ4v) is 2.85. The minimum atomic E-state index is -0.429. The molecule has 2 aromatic heterocycles. The van der Waals surface area contributed by atoms with E-state index >= 15 is 0 Å². The van der Waals surface area contributed by atoms with Crippen LogP contribution in [0.25, 0.3) is 11.0 Å². The lowest BCUT2D eigenvalue weighted by Crippen LogP contribution is -2.08. The van der Waals surface area contributed by atoms with Gasteiger partial charge in [0, 0.05) is 23.0 Å². The highest BCUT2D eigenvalue weighted by Gasteiger charge is 2.17. The van der Waals surface area contributed by atoms with Gasteiger partial charge in [0.25, 0.3) is 0 Å². The summed E-state index contributed by atoms with van der Waals surface area (Å²) in [6, 6.07) is 12.1. The van der Waals surface area contributed by atoms with Crippen molar-refractivity contribution in [2.75, 3.05) is 12.4 Å². The number of anilines is 2. The Morgan fingerprint density at radius 1 is 1.15 bits per heavy atom. The molecule has 0 bridgehead atoms. The molecule has 2 heterocycles. The summed E-state index contributed by atoms with van der Waals surface area (Å²) in [6.07, 6.45) is 4.95. The number of rotatable bonds is 6. The van der Waals surface area contributed by atoms with Gasteiger partial charge in [-0.2, -0.15) is 0 Å². The van der Waals surface area contributed by atoms with Crippen molar-refractivity contribution in [3.63, 3.8) is 0 Å². The van der Waals surface area contributed by atoms with Crippen LogP contribution in [-0.4, -0.2) is 23.0 Å². The van der Waals surface area contributed by atoms with E-state index in [1.807, 2.05) is 31.2 Å². The van der Waals surface area contributed by atoms with Crippen LogP contribution in [0, 0.1) is 6.92 Å². The predicted molar refractivity (Wildman–Crippen MR) is 104 cm³/mol. The molecule has 1 aromatic carbocycles. The van der Waals surface area contributed by atoms with Crippen molar-refractivity contribution in [2.24, 2.45) is 0 Å². The van der Waals surface area contributed by atoms with Gasteiger partial charge in [0.15, 0.2) is 5.65 Å². The predicted octanol–water partition coefficient (Wildman–Crippen LogP) is 4.81. The maximum absolute atomic E-state index is 12.2. The van der Waals surface area contributed by atoms with Crippen molar-refractivity contribution in [3.8, 4) is 0 Å². The minimum absolute atomic E-state index is 0.390. The van der Waals surface area contributed by atoms with Gasteiger partial charge in [0.2, 0.25) is 0 Å². The van der Waals surface area contributed by atoms with Crippen molar-refractivity contribution in [3.05, 3.63) is 59.4 Å². The molecule has 3 aromatic rings. The molecule has 0 unspecified atom stereocenters. The number of fused-ring (bicyclic) bond motifs is 1. The summed E-state index contributed by atoms with van der Waals surface area (Å²) in [5.74, 6) is -0.429. The molecular formula is C21H23N3O2. The highest BCUT2D eigenvalue weighted by molar-refractivity contribution is 6.05. The Morgan fingerprint density at radius 2 is 1.92 bits per heavy atom. The van der Waals surface area contributed by atoms with Crippen molar-refractivity contribution in [1.29, 1.82) is 0 Å². The van der Waals surface area contributed by atoms with Gasteiger partial charge in [-0.3, -0.25) is 0 Å². The normalized spacial score (nSPS) is 10.7. The van der Waals surface area contributed by atoms with Gasteiger partial charge in [-0.15, -0.1) is 0 Å². The standard InChI is InChI=1S/C21H23N3O2/c1-4-5-6-15-8-10-16(11-9-15)24-19-17-12-7-14(2)23-20(17)22-13-18(19)21(25)26-3/h7-13H,4-6H2,1-3H3,(H,22,23,24). The largest absolute Gasteiger partial charge is 0.465 e. The fourth-order valence-electron chi connectivity index (χ4n) is 2.85. The van der Waals surface area contributed by atoms with Gasteiger partial charge in [-0.25, -0.2) is 14.8 Å². The lowest BCUT2D eigenvalue weighted by atomic mass is 10.1. The summed E-state index contributed by atoms with van der Waals surface area (Å²) >= 11 is 0. The van der Waals surface area contributed by atoms with E-state index in [1.54, 1.807) is 0 Å². The second-order valence-corrected chi connectivity index (χ2v) is 6.29. The highest BCUT2D eigenvalue weighted by atomic mass is 16.5. The molecular weight excluding hydrogens is 326 g/mol. The van der Waals surface area contributed by atoms with Gasteiger partial charge >= 0.3 is 5.97 Å². The van der Waals surface area contributed by atoms with Crippen LogP contribution in [0.1, 0.15) is 41.4 Å². The number of nitrogens with zero attached hydrogens (tertiary/aromatic N) is 2. The summed E-state index contributed by atoms with van der Waals surface area (Å²) in [5.41, 5.74) is 4.74. The molecule has 134 valence electrons. The molecule has 26 heavy (non-hydrogen) atoms. The van der Waals surface area contributed by atoms with E-state index in [0.29, 0.717) is 16.9 Å². The summed E-state index contributed by atoms with van der Waals surface area (Å²) in [4.78, 5) is 20.9. The Labute approximate surface area is 153 Å². The molecule has 0 radical (unpaired) electrons. The molecule has 5 nitrogen and oxygen atoms in total. The third kappa shape index (κ3) is 3.82. The zero-order valence-corrected chi connectivity index (χ0v) is 15.4. The number of aromatic nitrogens is 2. The van der Waals surface area contributed by atoms with Gasteiger partial charge in [0.1, 0.15) is 5.56 Å². The first kappa shape index (κ1) is 17.9. The first-order valence-electron chi connectivity index (χ1n) is 8.83. The lowest BCUT2D eigenvalue weighted by Gasteiger charge is -2.14. The Morgan fingerprint density at radius 3 is 2.62 bits per heavy atom. The van der Waals surface area contributed by atoms with Crippen molar-refractivity contribution in [2.45, 2.75) is 33.1 Å². The molecule has 0 saturated carbocycles. The molecule has 0 aliphatic carbocycles. The maximum atomic E-state index is 12.2. The third-order valence-corrected chi connectivity index (χ3v) is 4.32. The number of nitrogens with one attached hydrogen (secondary N) is 1. The number of hydrogen-bond acceptors (Lipinski definition) is 5. The second kappa shape index (κ2) is 7.95. The van der Waals surface area contributed by atoms with E-state index in [0.717, 1.165) is 23.2 Å². The number of aryl methyl sites for hydroxylation is 2. The Kier molecular flexibility index (Phi) is 5.46. The third-order valence-electron chi connectivity index (χ3n) is 4.32. The number of ether oxygens (including phenoxy) is 1. The SMILES string of the molecule is CCCCc1ccc(Nc2c(C(=O)OC)cnc3nc(C)ccc23)cc1. The topological polar surface area (TPSA) is 64.1 Å². The van der Waals surface area contributed by atoms with Crippen LogP contribution in [0.2, 0.25) is 0 Å². The molecule has 5 heteroatoms. The summed E-state index contributed by atoms with van der Waals surface area (Å²) in [7, 11) is 1.37. The van der Waals surface area contributed by atoms with E-state index < -0.39 is 5.97 Å². The molecule has 0 aliphatic heterocycles. The zero-order chi connectivity index (χ0) is 18.5. The van der Waals surface area contributed by atoms with Crippen LogP contribution in [-0.2, 0) is 11.2 Å². The van der Waals surface area contributed by atoms with E-state index in [1.165, 1.54) is 31.7 Å². The molecule has 1 N–H and O–H groups in total. The molecule has 3 rings (SSSR count).